The van der Waals surface area contributed by atoms with Gasteiger partial charge in [-0.25, -0.2) is 15.0 Å². The monoisotopic (exact) mass is 1240 g/mol. The maximum absolute atomic E-state index is 5.92. The van der Waals surface area contributed by atoms with Gasteiger partial charge >= 0.3 is 0 Å². The van der Waals surface area contributed by atoms with Crippen molar-refractivity contribution < 1.29 is 0 Å². The van der Waals surface area contributed by atoms with Crippen molar-refractivity contribution in [3.63, 3.8) is 0 Å². The molecule has 0 fully saturated rings. The van der Waals surface area contributed by atoms with Crippen LogP contribution >= 0.6 is 34.0 Å². The molecule has 0 aliphatic carbocycles. The summed E-state index contributed by atoms with van der Waals surface area (Å²) >= 11 is 5.62. The Hall–Kier alpha value is -7.95. The first-order valence-corrected chi connectivity index (χ1v) is 36.0. The van der Waals surface area contributed by atoms with Crippen LogP contribution in [0.2, 0.25) is 0 Å². The van der Waals surface area contributed by atoms with E-state index in [0.717, 1.165) is 111 Å². The molecule has 0 saturated heterocycles. The van der Waals surface area contributed by atoms with E-state index >= 15 is 0 Å². The Labute approximate surface area is 541 Å². The van der Waals surface area contributed by atoms with Gasteiger partial charge in [0.1, 0.15) is 0 Å². The number of aromatic amines is 3. The van der Waals surface area contributed by atoms with Crippen molar-refractivity contribution in [3.05, 3.63) is 270 Å². The molecule has 9 aromatic rings. The molecule has 13 rings (SSSR count). The lowest BCUT2D eigenvalue weighted by Gasteiger charge is -2.12. The number of nitrogens with one attached hydrogen (secondary N) is 3. The second-order valence-corrected chi connectivity index (χ2v) is 27.0. The van der Waals surface area contributed by atoms with Crippen molar-refractivity contribution in [1.82, 2.24) is 15.0 Å². The Morgan fingerprint density at radius 1 is 0.244 bits per heavy atom. The fourth-order valence-corrected chi connectivity index (χ4v) is 18.4. The van der Waals surface area contributed by atoms with Crippen molar-refractivity contribution >= 4 is 85.0 Å². The number of hydrogen-bond acceptors (Lipinski definition) is 6. The summed E-state index contributed by atoms with van der Waals surface area (Å²) in [6.45, 7) is 27.9. The fraction of sp³-hybridized carbons (Fsp3) is 0.296. The molecule has 0 spiro atoms. The van der Waals surface area contributed by atoms with Crippen LogP contribution in [-0.2, 0) is 38.5 Å². The molecule has 0 amide bonds. The summed E-state index contributed by atoms with van der Waals surface area (Å²) in [7, 11) is 0. The predicted molar refractivity (Wildman–Crippen MR) is 385 cm³/mol. The standard InChI is InChI=1S/C81H84N6S3/c1-13-49-55(19-7)76-67(46-34-28-25-29-35-46)77-56(20-8)50(14-2)72(83-77)63-42-43-64(89-63)73-53(17-5)59(23-11)80(86-73)69(48-38-32-27-33-39-48)81-60(24-12)54(18-6)75(87-81)66-45-44-65(90-66)74-52(16-4)58(22-10)79(85-74)68(47-36-30-26-31-37-47)78-57(21-9)51(15-3)71(84-78)62-41-40-61(88-62)70(49)82-76/h25-45,82,85-86H,13-24H2,1-12H3. The Morgan fingerprint density at radius 2 is 0.467 bits per heavy atom. The lowest BCUT2D eigenvalue weighted by atomic mass is 9.90. The Kier molecular flexibility index (Phi) is 17.4. The van der Waals surface area contributed by atoms with Gasteiger partial charge in [0.05, 0.1) is 93.5 Å². The SMILES string of the molecule is CCC1=C(CC)C2=c3ccc(s3)=c3[nH]c(c(CC)c3CC)=C(c3ccccc3)C3=NC(=c4ccc(s4)=c4[nH]c(c(CC)c4CC)=C(c4ccccc4)C4=NC(=c5ccc(s5)=c5[nH]c(c(CC)c5CC)=C(c5ccccc5)C1=N2)C(CC)=C4CC)C(CC)=C3CC. The molecule has 90 heavy (non-hydrogen) atoms. The van der Waals surface area contributed by atoms with Crippen molar-refractivity contribution in [2.75, 3.05) is 0 Å². The van der Waals surface area contributed by atoms with Gasteiger partial charge in [0.15, 0.2) is 0 Å². The normalized spacial score (nSPS) is 15.1. The molecule has 3 aromatic carbocycles. The molecule has 4 aliphatic rings. The molecule has 6 nitrogen and oxygen atoms in total. The van der Waals surface area contributed by atoms with Crippen molar-refractivity contribution in [2.24, 2.45) is 15.0 Å². The maximum atomic E-state index is 5.92. The van der Waals surface area contributed by atoms with E-state index in [9.17, 15) is 0 Å². The van der Waals surface area contributed by atoms with Crippen LogP contribution in [0, 0.1) is 29.6 Å². The average Bonchev–Trinajstić information content (AvgIpc) is 1.63. The zero-order valence-electron chi connectivity index (χ0n) is 54.7. The highest BCUT2D eigenvalue weighted by Gasteiger charge is 2.32. The number of nitrogens with zero attached hydrogens (tertiary/aromatic N) is 3. The molecule has 0 atom stereocenters. The maximum Gasteiger partial charge on any atom is 0.0844 e. The number of rotatable bonds is 15. The summed E-state index contributed by atoms with van der Waals surface area (Å²) in [5.74, 6) is 0. The molecule has 4 aliphatic heterocycles. The van der Waals surface area contributed by atoms with Gasteiger partial charge in [0.25, 0.3) is 0 Å². The first-order valence-electron chi connectivity index (χ1n) is 33.5. The number of H-pyrrole nitrogens is 3. The van der Waals surface area contributed by atoms with Gasteiger partial charge in [0, 0.05) is 16.7 Å². The van der Waals surface area contributed by atoms with Crippen LogP contribution in [0.1, 0.15) is 172 Å². The van der Waals surface area contributed by atoms with Crippen molar-refractivity contribution in [3.8, 4) is 0 Å². The quantitative estimate of drug-likeness (QED) is 0.0914. The van der Waals surface area contributed by atoms with Crippen LogP contribution in [0.5, 0.6) is 0 Å². The molecule has 0 radical (unpaired) electrons. The third kappa shape index (κ3) is 10.1. The topological polar surface area (TPSA) is 84.5 Å². The molecular formula is C81H84N6S3. The zero-order valence-corrected chi connectivity index (χ0v) is 57.1. The van der Waals surface area contributed by atoms with Gasteiger partial charge in [-0.2, -0.15) is 0 Å². The molecule has 9 heteroatoms. The van der Waals surface area contributed by atoms with Crippen LogP contribution in [-0.4, -0.2) is 32.1 Å². The van der Waals surface area contributed by atoms with Crippen molar-refractivity contribution in [1.29, 1.82) is 0 Å². The second-order valence-electron chi connectivity index (χ2n) is 23.8. The smallest absolute Gasteiger partial charge is 0.0844 e. The number of hydrogen-bond donors (Lipinski definition) is 3. The number of benzene rings is 3. The van der Waals surface area contributed by atoms with E-state index in [1.165, 1.54) is 160 Å². The van der Waals surface area contributed by atoms with E-state index in [-0.39, 0.29) is 0 Å². The van der Waals surface area contributed by atoms with E-state index in [1.807, 2.05) is 34.0 Å². The van der Waals surface area contributed by atoms with Gasteiger partial charge in [-0.3, -0.25) is 0 Å². The third-order valence-corrected chi connectivity index (χ3v) is 22.6. The molecule has 10 heterocycles. The third-order valence-electron chi connectivity index (χ3n) is 19.3. The van der Waals surface area contributed by atoms with E-state index in [1.54, 1.807) is 0 Å². The van der Waals surface area contributed by atoms with E-state index in [0.29, 0.717) is 0 Å². The number of fused-ring (bicyclic) bond motifs is 15. The van der Waals surface area contributed by atoms with Gasteiger partial charge in [-0.1, -0.05) is 174 Å². The van der Waals surface area contributed by atoms with Gasteiger partial charge in [-0.05, 0) is 197 Å². The Morgan fingerprint density at radius 3 is 0.689 bits per heavy atom. The van der Waals surface area contributed by atoms with Crippen molar-refractivity contribution in [2.45, 2.75) is 160 Å². The van der Waals surface area contributed by atoms with Crippen LogP contribution in [0.15, 0.2) is 176 Å². The van der Waals surface area contributed by atoms with Gasteiger partial charge in [-0.15, -0.1) is 34.0 Å². The lowest BCUT2D eigenvalue weighted by molar-refractivity contribution is 1.04. The van der Waals surface area contributed by atoms with E-state index in [2.05, 4.69) is 225 Å². The average molecular weight is 1240 g/mol. The second kappa shape index (κ2) is 25.7. The van der Waals surface area contributed by atoms with Crippen LogP contribution in [0.25, 0.3) is 33.8 Å². The van der Waals surface area contributed by atoms with E-state index in [4.69, 9.17) is 15.0 Å². The molecule has 18 bridgehead atoms. The number of thiophene rings is 3. The number of aromatic nitrogens is 3. The lowest BCUT2D eigenvalue weighted by Crippen LogP contribution is -2.20. The largest absolute Gasteiger partial charge is 0.353 e. The molecule has 0 unspecified atom stereocenters. The number of aliphatic imine (C=N–C) groups is 3. The highest BCUT2D eigenvalue weighted by atomic mass is 32.1. The molecule has 456 valence electrons. The summed E-state index contributed by atoms with van der Waals surface area (Å²) in [4.78, 5) is 30.4. The van der Waals surface area contributed by atoms with Gasteiger partial charge < -0.3 is 15.0 Å². The van der Waals surface area contributed by atoms with E-state index < -0.39 is 0 Å². The first kappa shape index (κ1) is 60.9. The first-order chi connectivity index (χ1) is 44.1. The number of allylic oxidation sites excluding steroid dienone is 3. The van der Waals surface area contributed by atoms with Crippen LogP contribution in [0.3, 0.4) is 0 Å². The Balaban J connectivity index is 1.25. The van der Waals surface area contributed by atoms with Crippen LogP contribution < -0.4 is 29.6 Å². The summed E-state index contributed by atoms with van der Waals surface area (Å²) in [5.41, 5.74) is 29.8. The summed E-state index contributed by atoms with van der Waals surface area (Å²) in [6, 6.07) is 47.3. The summed E-state index contributed by atoms with van der Waals surface area (Å²) in [6.07, 6.45) is 10.6. The summed E-state index contributed by atoms with van der Waals surface area (Å²) in [5, 5.41) is 7.12. The minimum atomic E-state index is 0.870. The minimum Gasteiger partial charge on any atom is -0.353 e. The highest BCUT2D eigenvalue weighted by molar-refractivity contribution is 7.08. The Bertz CT molecular complexity index is 4760. The minimum absolute atomic E-state index is 0.870. The van der Waals surface area contributed by atoms with Gasteiger partial charge in [0.2, 0.25) is 0 Å². The summed E-state index contributed by atoms with van der Waals surface area (Å²) < 4.78 is 7.28. The molecule has 3 N–H and O–H groups in total. The molecular weight excluding hydrogens is 1150 g/mol. The molecule has 0 saturated carbocycles. The fourth-order valence-electron chi connectivity index (χ4n) is 15.3. The predicted octanol–water partition coefficient (Wildman–Crippen LogP) is 16.1. The zero-order chi connectivity index (χ0) is 62.5. The molecule has 6 aromatic heterocycles. The highest BCUT2D eigenvalue weighted by Crippen LogP contribution is 2.39. The van der Waals surface area contributed by atoms with Crippen LogP contribution in [0.4, 0.5) is 0 Å².